The largest absolute Gasteiger partial charge is 0.390 e. The van der Waals surface area contributed by atoms with Crippen LogP contribution in [0.3, 0.4) is 0 Å². The third-order valence-electron chi connectivity index (χ3n) is 5.58. The number of aromatic nitrogens is 2. The van der Waals surface area contributed by atoms with Crippen LogP contribution in [0, 0.1) is 6.92 Å². The van der Waals surface area contributed by atoms with Crippen molar-refractivity contribution in [3.05, 3.63) is 17.5 Å². The number of amides is 1. The molecule has 3 heterocycles. The van der Waals surface area contributed by atoms with Gasteiger partial charge in [0.15, 0.2) is 5.69 Å². The van der Waals surface area contributed by atoms with Crippen LogP contribution in [-0.2, 0) is 11.8 Å². The smallest absolute Gasteiger partial charge is 0.274 e. The lowest BCUT2D eigenvalue weighted by Gasteiger charge is -2.49. The van der Waals surface area contributed by atoms with Crippen LogP contribution in [0.5, 0.6) is 0 Å². The quantitative estimate of drug-likeness (QED) is 0.899. The highest BCUT2D eigenvalue weighted by atomic mass is 16.5. The fraction of sp³-hybridized carbons (Fsp3) is 0.765. The van der Waals surface area contributed by atoms with E-state index in [1.54, 1.807) is 4.68 Å². The molecular formula is C17H27N3O3. The first-order chi connectivity index (χ1) is 10.9. The van der Waals surface area contributed by atoms with Gasteiger partial charge in [-0.1, -0.05) is 6.92 Å². The van der Waals surface area contributed by atoms with Crippen molar-refractivity contribution in [1.29, 1.82) is 0 Å². The Morgan fingerprint density at radius 1 is 1.39 bits per heavy atom. The number of likely N-dealkylation sites (tertiary alicyclic amines) is 1. The van der Waals surface area contributed by atoms with E-state index in [4.69, 9.17) is 4.74 Å². The Morgan fingerprint density at radius 2 is 2.09 bits per heavy atom. The maximum absolute atomic E-state index is 12.6. The first kappa shape index (κ1) is 16.5. The van der Waals surface area contributed by atoms with E-state index in [0.29, 0.717) is 38.2 Å². The SMILES string of the molecule is CCC1(O)CCOC2(CCN(C(=O)c3cc(C)n(C)n3)CC2)C1. The summed E-state index contributed by atoms with van der Waals surface area (Å²) in [6.07, 6.45) is 3.72. The summed E-state index contributed by atoms with van der Waals surface area (Å²) in [5, 5.41) is 14.9. The molecule has 2 saturated heterocycles. The first-order valence-corrected chi connectivity index (χ1v) is 8.53. The second-order valence-corrected chi connectivity index (χ2v) is 7.12. The van der Waals surface area contributed by atoms with E-state index in [9.17, 15) is 9.90 Å². The Balaban J connectivity index is 1.65. The molecule has 6 heteroatoms. The van der Waals surface area contributed by atoms with E-state index in [0.717, 1.165) is 25.0 Å². The third-order valence-corrected chi connectivity index (χ3v) is 5.58. The number of aliphatic hydroxyl groups is 1. The molecule has 0 radical (unpaired) electrons. The summed E-state index contributed by atoms with van der Waals surface area (Å²) in [4.78, 5) is 14.4. The minimum Gasteiger partial charge on any atom is -0.390 e. The number of hydrogen-bond acceptors (Lipinski definition) is 4. The molecule has 2 fully saturated rings. The van der Waals surface area contributed by atoms with Gasteiger partial charge in [-0.15, -0.1) is 0 Å². The number of piperidine rings is 1. The van der Waals surface area contributed by atoms with Crippen molar-refractivity contribution in [2.45, 2.75) is 57.2 Å². The van der Waals surface area contributed by atoms with E-state index in [-0.39, 0.29) is 11.5 Å². The molecule has 6 nitrogen and oxygen atoms in total. The van der Waals surface area contributed by atoms with Crippen molar-refractivity contribution >= 4 is 5.91 Å². The van der Waals surface area contributed by atoms with Crippen LogP contribution < -0.4 is 0 Å². The molecule has 1 amide bonds. The maximum Gasteiger partial charge on any atom is 0.274 e. The van der Waals surface area contributed by atoms with Gasteiger partial charge in [-0.05, 0) is 38.7 Å². The minimum absolute atomic E-state index is 0.00915. The van der Waals surface area contributed by atoms with E-state index in [2.05, 4.69) is 5.10 Å². The van der Waals surface area contributed by atoms with Gasteiger partial charge in [0.2, 0.25) is 0 Å². The number of rotatable bonds is 2. The zero-order valence-corrected chi connectivity index (χ0v) is 14.3. The summed E-state index contributed by atoms with van der Waals surface area (Å²) >= 11 is 0. The fourth-order valence-corrected chi connectivity index (χ4v) is 3.76. The number of carbonyl (C=O) groups excluding carboxylic acids is 1. The van der Waals surface area contributed by atoms with Gasteiger partial charge in [0, 0.05) is 32.3 Å². The lowest BCUT2D eigenvalue weighted by molar-refractivity contribution is -0.176. The summed E-state index contributed by atoms with van der Waals surface area (Å²) in [6, 6.07) is 1.83. The predicted molar refractivity (Wildman–Crippen MR) is 86.2 cm³/mol. The third kappa shape index (κ3) is 3.15. The first-order valence-electron chi connectivity index (χ1n) is 8.53. The topological polar surface area (TPSA) is 67.6 Å². The highest BCUT2D eigenvalue weighted by Gasteiger charge is 2.46. The molecule has 0 aliphatic carbocycles. The lowest BCUT2D eigenvalue weighted by Crippen LogP contribution is -2.55. The van der Waals surface area contributed by atoms with Crippen molar-refractivity contribution < 1.29 is 14.6 Å². The highest BCUT2D eigenvalue weighted by Crippen LogP contribution is 2.41. The van der Waals surface area contributed by atoms with Crippen LogP contribution in [-0.4, -0.2) is 56.6 Å². The van der Waals surface area contributed by atoms with Gasteiger partial charge in [-0.25, -0.2) is 0 Å². The number of nitrogens with zero attached hydrogens (tertiary/aromatic N) is 3. The molecule has 1 N–H and O–H groups in total. The van der Waals surface area contributed by atoms with Gasteiger partial charge < -0.3 is 14.7 Å². The molecule has 1 aromatic heterocycles. The van der Waals surface area contributed by atoms with Crippen LogP contribution in [0.25, 0.3) is 0 Å². The van der Waals surface area contributed by atoms with E-state index in [1.807, 2.05) is 31.9 Å². The summed E-state index contributed by atoms with van der Waals surface area (Å²) < 4.78 is 7.77. The van der Waals surface area contributed by atoms with Crippen LogP contribution in [0.1, 0.15) is 55.2 Å². The maximum atomic E-state index is 12.6. The molecule has 3 rings (SSSR count). The van der Waals surface area contributed by atoms with Crippen LogP contribution >= 0.6 is 0 Å². The van der Waals surface area contributed by atoms with E-state index in [1.165, 1.54) is 0 Å². The van der Waals surface area contributed by atoms with Crippen molar-refractivity contribution in [2.24, 2.45) is 7.05 Å². The van der Waals surface area contributed by atoms with Crippen molar-refractivity contribution in [3.63, 3.8) is 0 Å². The van der Waals surface area contributed by atoms with Crippen LogP contribution in [0.15, 0.2) is 6.07 Å². The Hall–Kier alpha value is -1.40. The second-order valence-electron chi connectivity index (χ2n) is 7.12. The Morgan fingerprint density at radius 3 is 2.65 bits per heavy atom. The van der Waals surface area contributed by atoms with Gasteiger partial charge in [0.05, 0.1) is 17.8 Å². The monoisotopic (exact) mass is 321 g/mol. The summed E-state index contributed by atoms with van der Waals surface area (Å²) in [5.74, 6) is -0.00915. The highest BCUT2D eigenvalue weighted by molar-refractivity contribution is 5.92. The molecule has 2 aliphatic rings. The average molecular weight is 321 g/mol. The average Bonchev–Trinajstić information content (AvgIpc) is 2.87. The van der Waals surface area contributed by atoms with Gasteiger partial charge in [-0.2, -0.15) is 5.10 Å². The molecule has 23 heavy (non-hydrogen) atoms. The minimum atomic E-state index is -0.609. The Kier molecular flexibility index (Phi) is 4.23. The number of ether oxygens (including phenoxy) is 1. The zero-order valence-electron chi connectivity index (χ0n) is 14.3. The van der Waals surface area contributed by atoms with Crippen LogP contribution in [0.4, 0.5) is 0 Å². The molecule has 128 valence electrons. The number of carbonyl (C=O) groups is 1. The molecule has 1 unspecified atom stereocenters. The molecule has 2 aliphatic heterocycles. The molecule has 1 spiro atoms. The van der Waals surface area contributed by atoms with Gasteiger partial charge >= 0.3 is 0 Å². The van der Waals surface area contributed by atoms with Gasteiger partial charge in [0.1, 0.15) is 0 Å². The summed E-state index contributed by atoms with van der Waals surface area (Å²) in [5.41, 5.74) is 0.614. The summed E-state index contributed by atoms with van der Waals surface area (Å²) in [6.45, 7) is 5.90. The normalized spacial score (nSPS) is 27.4. The molecule has 1 aromatic rings. The standard InChI is InChI=1S/C17H27N3O3/c1-4-16(22)7-10-23-17(12-16)5-8-20(9-6-17)15(21)14-11-13(2)19(3)18-14/h11,22H,4-10,12H2,1-3H3. The lowest BCUT2D eigenvalue weighted by atomic mass is 9.76. The Bertz CT molecular complexity index is 570. The van der Waals surface area contributed by atoms with Crippen molar-refractivity contribution in [2.75, 3.05) is 19.7 Å². The molecule has 0 saturated carbocycles. The van der Waals surface area contributed by atoms with E-state index < -0.39 is 5.60 Å². The van der Waals surface area contributed by atoms with E-state index >= 15 is 0 Å². The molecule has 0 aromatic carbocycles. The van der Waals surface area contributed by atoms with Crippen LogP contribution in [0.2, 0.25) is 0 Å². The summed E-state index contributed by atoms with van der Waals surface area (Å²) in [7, 11) is 1.85. The van der Waals surface area contributed by atoms with Crippen molar-refractivity contribution in [1.82, 2.24) is 14.7 Å². The predicted octanol–water partition coefficient (Wildman–Crippen LogP) is 1.65. The number of aryl methyl sites for hydroxylation is 2. The number of hydrogen-bond donors (Lipinski definition) is 1. The Labute approximate surface area is 137 Å². The molecular weight excluding hydrogens is 294 g/mol. The van der Waals surface area contributed by atoms with Gasteiger partial charge in [-0.3, -0.25) is 9.48 Å². The molecule has 0 bridgehead atoms. The van der Waals surface area contributed by atoms with Gasteiger partial charge in [0.25, 0.3) is 5.91 Å². The second kappa shape index (κ2) is 5.91. The molecule has 1 atom stereocenters. The zero-order chi connectivity index (χ0) is 16.7. The fourth-order valence-electron chi connectivity index (χ4n) is 3.76. The van der Waals surface area contributed by atoms with Crippen molar-refractivity contribution in [3.8, 4) is 0 Å².